The van der Waals surface area contributed by atoms with E-state index in [1.54, 1.807) is 19.3 Å². The number of rotatable bonds is 1. The van der Waals surface area contributed by atoms with E-state index in [1.165, 1.54) is 13.5 Å². The van der Waals surface area contributed by atoms with Gasteiger partial charge in [0.1, 0.15) is 0 Å². The van der Waals surface area contributed by atoms with Crippen LogP contribution in [0.5, 0.6) is 0 Å². The van der Waals surface area contributed by atoms with E-state index in [1.807, 2.05) is 27.7 Å². The third-order valence-corrected chi connectivity index (χ3v) is 4.79. The minimum absolute atomic E-state index is 0.117. The number of hydrogen-bond acceptors (Lipinski definition) is 4. The van der Waals surface area contributed by atoms with Gasteiger partial charge in [-0.1, -0.05) is 0 Å². The van der Waals surface area contributed by atoms with E-state index in [0.29, 0.717) is 5.56 Å². The van der Waals surface area contributed by atoms with Gasteiger partial charge in [-0.15, -0.1) is 0 Å². The van der Waals surface area contributed by atoms with Gasteiger partial charge in [0.15, 0.2) is 0 Å². The van der Waals surface area contributed by atoms with Gasteiger partial charge in [-0.2, -0.15) is 0 Å². The molecule has 0 amide bonds. The summed E-state index contributed by atoms with van der Waals surface area (Å²) < 4.78 is 13.5. The predicted molar refractivity (Wildman–Crippen MR) is 95.9 cm³/mol. The first-order valence-corrected chi connectivity index (χ1v) is 9.89. The van der Waals surface area contributed by atoms with Crippen LogP contribution in [0, 0.1) is 11.2 Å². The highest BCUT2D eigenvalue weighted by molar-refractivity contribution is 14.2. The zero-order chi connectivity index (χ0) is 15.8. The summed E-state index contributed by atoms with van der Waals surface area (Å²) in [5.41, 5.74) is 0.327. The monoisotopic (exact) mass is 417 g/mol. The number of nitrogens with zero attached hydrogens (tertiary/aromatic N) is 1. The summed E-state index contributed by atoms with van der Waals surface area (Å²) in [5.74, 6) is 2.87. The summed E-state index contributed by atoms with van der Waals surface area (Å²) in [6.45, 7) is 8.01. The molecule has 21 heavy (non-hydrogen) atoms. The van der Waals surface area contributed by atoms with Gasteiger partial charge < -0.3 is 13.9 Å². The van der Waals surface area contributed by atoms with Crippen LogP contribution < -0.4 is 11.0 Å². The van der Waals surface area contributed by atoms with Crippen molar-refractivity contribution < 1.29 is 9.31 Å². The van der Waals surface area contributed by atoms with Crippen molar-refractivity contribution in [2.75, 3.05) is 0 Å². The second-order valence-electron chi connectivity index (χ2n) is 6.00. The van der Waals surface area contributed by atoms with Gasteiger partial charge in [-0.25, -0.2) is 0 Å². The van der Waals surface area contributed by atoms with Crippen molar-refractivity contribution in [1.29, 1.82) is 0 Å². The van der Waals surface area contributed by atoms with E-state index in [4.69, 9.17) is 9.31 Å². The van der Waals surface area contributed by atoms with Crippen LogP contribution >= 0.6 is 30.1 Å². The molecule has 0 aromatic carbocycles. The van der Waals surface area contributed by atoms with Crippen molar-refractivity contribution >= 4 is 42.7 Å². The van der Waals surface area contributed by atoms with Crippen LogP contribution in [0.1, 0.15) is 33.3 Å². The summed E-state index contributed by atoms with van der Waals surface area (Å²) in [4.78, 5) is 12.1. The molecular weight excluding hydrogens is 400 g/mol. The molecule has 7 heteroatoms. The van der Waals surface area contributed by atoms with Crippen LogP contribution in [0.15, 0.2) is 17.1 Å². The Kier molecular flexibility index (Phi) is 4.83. The third kappa shape index (κ3) is 3.34. The fourth-order valence-electron chi connectivity index (χ4n) is 2.01. The minimum Gasteiger partial charge on any atom is -0.399 e. The fraction of sp³-hybridized carbons (Fsp3) is 0.500. The normalized spacial score (nSPS) is 19.2. The first kappa shape index (κ1) is 16.9. The summed E-state index contributed by atoms with van der Waals surface area (Å²) in [6.07, 6.45) is 1.74. The fourth-order valence-corrected chi connectivity index (χ4v) is 2.49. The van der Waals surface area contributed by atoms with Crippen LogP contribution in [-0.2, 0) is 16.4 Å². The van der Waals surface area contributed by atoms with Crippen molar-refractivity contribution in [3.8, 4) is 11.2 Å². The molecule has 0 saturated carbocycles. The third-order valence-electron chi connectivity index (χ3n) is 3.95. The molecule has 1 aromatic heterocycles. The summed E-state index contributed by atoms with van der Waals surface area (Å²) in [6, 6.07) is 1.75. The summed E-state index contributed by atoms with van der Waals surface area (Å²) >= 11 is 2.08. The Hall–Kier alpha value is -0.425. The molecule has 1 aromatic rings. The molecule has 2 heterocycles. The number of halogens is 1. The lowest BCUT2D eigenvalue weighted by Gasteiger charge is -2.32. The van der Waals surface area contributed by atoms with Crippen LogP contribution in [0.25, 0.3) is 0 Å². The largest absolute Gasteiger partial charge is 0.496 e. The lowest BCUT2D eigenvalue weighted by Crippen LogP contribution is -2.41. The maximum atomic E-state index is 12.1. The van der Waals surface area contributed by atoms with Crippen LogP contribution in [0.3, 0.4) is 0 Å². The van der Waals surface area contributed by atoms with Gasteiger partial charge in [-0.05, 0) is 53.9 Å². The number of hydrogen-bond donors (Lipinski definition) is 0. The molecule has 1 aliphatic rings. The molecule has 112 valence electrons. The van der Waals surface area contributed by atoms with E-state index in [9.17, 15) is 4.79 Å². The lowest BCUT2D eigenvalue weighted by molar-refractivity contribution is 0.00578. The van der Waals surface area contributed by atoms with Gasteiger partial charge in [0.05, 0.1) is 16.8 Å². The molecule has 0 aliphatic carbocycles. The first-order valence-electron chi connectivity index (χ1n) is 6.53. The van der Waals surface area contributed by atoms with Gasteiger partial charge in [-0.3, -0.25) is 4.79 Å². The predicted octanol–water partition coefficient (Wildman–Crippen LogP) is 2.08. The maximum Gasteiger partial charge on any atom is 0.496 e. The number of aromatic nitrogens is 1. The Morgan fingerprint density at radius 1 is 1.29 bits per heavy atom. The minimum atomic E-state index is -0.491. The molecule has 1 fully saturated rings. The molecule has 0 radical (unpaired) electrons. The molecule has 2 rings (SSSR count). The zero-order valence-corrected chi connectivity index (χ0v) is 15.7. The molecule has 1 aliphatic heterocycles. The van der Waals surface area contributed by atoms with Crippen molar-refractivity contribution in [2.24, 2.45) is 7.05 Å². The smallest absolute Gasteiger partial charge is 0.399 e. The Morgan fingerprint density at radius 2 is 1.86 bits per heavy atom. The average Bonchev–Trinajstić information content (AvgIpc) is 2.60. The average molecular weight is 417 g/mol. The van der Waals surface area contributed by atoms with E-state index in [-0.39, 0.29) is 5.56 Å². The van der Waals surface area contributed by atoms with Crippen LogP contribution in [-0.4, -0.2) is 22.9 Å². The molecule has 0 spiro atoms. The quantitative estimate of drug-likeness (QED) is 0.399. The Balaban J connectivity index is 2.43. The standard InChI is InChI=1S/C14H17BINO3S/c1-13(2)14(3,4)20-15(19-13)11-8-10(6-7-21-16)12(18)17(5)9-11/h8-9H,1-5H3. The van der Waals surface area contributed by atoms with Crippen LogP contribution in [0.2, 0.25) is 0 Å². The highest BCUT2D eigenvalue weighted by atomic mass is 127. The molecule has 0 N–H and O–H groups in total. The summed E-state index contributed by atoms with van der Waals surface area (Å²) in [7, 11) is 2.56. The second-order valence-corrected chi connectivity index (χ2v) is 7.68. The molecule has 0 unspecified atom stereocenters. The molecule has 4 nitrogen and oxygen atoms in total. The number of aryl methyl sites for hydroxylation is 1. The Morgan fingerprint density at radius 3 is 2.38 bits per heavy atom. The second kappa shape index (κ2) is 5.99. The number of pyridine rings is 1. The van der Waals surface area contributed by atoms with Crippen LogP contribution in [0.4, 0.5) is 0 Å². The highest BCUT2D eigenvalue weighted by Crippen LogP contribution is 2.36. The van der Waals surface area contributed by atoms with Gasteiger partial charge in [0, 0.05) is 39.9 Å². The van der Waals surface area contributed by atoms with Gasteiger partial charge in [0.2, 0.25) is 0 Å². The summed E-state index contributed by atoms with van der Waals surface area (Å²) in [5, 5.41) is 2.84. The van der Waals surface area contributed by atoms with Crippen molar-refractivity contribution in [1.82, 2.24) is 4.57 Å². The maximum absolute atomic E-state index is 12.1. The Labute approximate surface area is 141 Å². The SMILES string of the molecule is Cn1cc(B2OC(C)(C)C(C)(C)O2)cc(C#CSI)c1=O. The van der Waals surface area contributed by atoms with E-state index in [0.717, 1.165) is 5.46 Å². The highest BCUT2D eigenvalue weighted by Gasteiger charge is 2.51. The molecule has 0 atom stereocenters. The van der Waals surface area contributed by atoms with Crippen molar-refractivity contribution in [3.05, 3.63) is 28.2 Å². The zero-order valence-electron chi connectivity index (χ0n) is 12.7. The van der Waals surface area contributed by atoms with Gasteiger partial charge >= 0.3 is 7.12 Å². The Bertz CT molecular complexity index is 659. The molecular formula is C14H17BINO3S. The van der Waals surface area contributed by atoms with Gasteiger partial charge in [0.25, 0.3) is 5.56 Å². The van der Waals surface area contributed by atoms with E-state index >= 15 is 0 Å². The molecule has 0 bridgehead atoms. The van der Waals surface area contributed by atoms with E-state index in [2.05, 4.69) is 32.4 Å². The van der Waals surface area contributed by atoms with Crippen molar-refractivity contribution in [2.45, 2.75) is 38.9 Å². The van der Waals surface area contributed by atoms with Crippen molar-refractivity contribution in [3.63, 3.8) is 0 Å². The first-order chi connectivity index (χ1) is 9.68. The molecule has 1 saturated heterocycles. The van der Waals surface area contributed by atoms with E-state index < -0.39 is 18.3 Å². The topological polar surface area (TPSA) is 40.5 Å². The lowest BCUT2D eigenvalue weighted by atomic mass is 9.79.